The molecule has 1 heterocycles. The molecule has 0 atom stereocenters. The number of nitrogens with zero attached hydrogens (tertiary/aromatic N) is 1. The van der Waals surface area contributed by atoms with Crippen molar-refractivity contribution in [2.75, 3.05) is 13.5 Å². The number of alkyl halides is 3. The summed E-state index contributed by atoms with van der Waals surface area (Å²) in [5.41, 5.74) is -0.757. The van der Waals surface area contributed by atoms with E-state index in [1.807, 2.05) is 0 Å². The van der Waals surface area contributed by atoms with Gasteiger partial charge in [0.1, 0.15) is 0 Å². The van der Waals surface area contributed by atoms with Crippen molar-refractivity contribution in [3.8, 4) is 17.2 Å². The molecule has 0 fully saturated rings. The molecule has 1 aliphatic rings. The Balaban J connectivity index is 2.42. The van der Waals surface area contributed by atoms with E-state index in [-0.39, 0.29) is 18.3 Å². The van der Waals surface area contributed by atoms with E-state index in [0.29, 0.717) is 0 Å². The molecule has 9 heteroatoms. The molecule has 0 aromatic heterocycles. The van der Waals surface area contributed by atoms with E-state index in [2.05, 4.69) is 4.74 Å². The molecule has 0 saturated heterocycles. The molecule has 18 heavy (non-hydrogen) atoms. The molecule has 0 aliphatic carbocycles. The first-order valence-electron chi connectivity index (χ1n) is 4.64. The van der Waals surface area contributed by atoms with Crippen molar-refractivity contribution in [2.24, 2.45) is 0 Å². The van der Waals surface area contributed by atoms with E-state index >= 15 is 0 Å². The Labute approximate surface area is 98.0 Å². The van der Waals surface area contributed by atoms with Crippen molar-refractivity contribution in [2.45, 2.75) is 6.11 Å². The largest absolute Gasteiger partial charge is 0.453 e. The van der Waals surface area contributed by atoms with Gasteiger partial charge in [0, 0.05) is 6.07 Å². The maximum absolute atomic E-state index is 12.7. The fourth-order valence-corrected chi connectivity index (χ4v) is 1.33. The second-order valence-corrected chi connectivity index (χ2v) is 3.30. The summed E-state index contributed by atoms with van der Waals surface area (Å²) in [6.45, 7) is -2.28. The molecule has 1 aromatic rings. The third kappa shape index (κ3) is 2.24. The SMILES string of the molecule is O=[N+]([O-])c1cc2c(cc1OC(F)(F)CF)OCO2. The Morgan fingerprint density at radius 1 is 1.39 bits per heavy atom. The summed E-state index contributed by atoms with van der Waals surface area (Å²) in [7, 11) is 0. The Morgan fingerprint density at radius 3 is 2.56 bits per heavy atom. The highest BCUT2D eigenvalue weighted by Gasteiger charge is 2.36. The number of benzene rings is 1. The molecule has 2 rings (SSSR count). The quantitative estimate of drug-likeness (QED) is 0.616. The van der Waals surface area contributed by atoms with Crippen LogP contribution in [0.5, 0.6) is 17.2 Å². The summed E-state index contributed by atoms with van der Waals surface area (Å²) in [4.78, 5) is 9.75. The maximum atomic E-state index is 12.7. The minimum atomic E-state index is -4.14. The topological polar surface area (TPSA) is 70.8 Å². The summed E-state index contributed by atoms with van der Waals surface area (Å²) in [6, 6.07) is 1.75. The van der Waals surface area contributed by atoms with Crippen molar-refractivity contribution in [1.82, 2.24) is 0 Å². The van der Waals surface area contributed by atoms with Gasteiger partial charge in [-0.3, -0.25) is 10.1 Å². The second kappa shape index (κ2) is 4.24. The number of fused-ring (bicyclic) bond motifs is 1. The highest BCUT2D eigenvalue weighted by Crippen LogP contribution is 2.43. The van der Waals surface area contributed by atoms with Gasteiger partial charge in [0.25, 0.3) is 0 Å². The Bertz CT molecular complexity index is 493. The van der Waals surface area contributed by atoms with Crippen LogP contribution in [0, 0.1) is 10.1 Å². The monoisotopic (exact) mass is 265 g/mol. The summed E-state index contributed by atoms with van der Waals surface area (Å²) in [5, 5.41) is 10.7. The van der Waals surface area contributed by atoms with Crippen molar-refractivity contribution in [3.63, 3.8) is 0 Å². The van der Waals surface area contributed by atoms with Gasteiger partial charge in [0.2, 0.25) is 12.5 Å². The van der Waals surface area contributed by atoms with Crippen LogP contribution in [0.4, 0.5) is 18.9 Å². The number of nitro groups is 1. The van der Waals surface area contributed by atoms with Crippen molar-refractivity contribution in [3.05, 3.63) is 22.2 Å². The van der Waals surface area contributed by atoms with Crippen LogP contribution < -0.4 is 14.2 Å². The third-order valence-corrected chi connectivity index (χ3v) is 2.07. The van der Waals surface area contributed by atoms with E-state index in [1.165, 1.54) is 0 Å². The first-order chi connectivity index (χ1) is 8.43. The Kier molecular flexibility index (Phi) is 2.89. The minimum absolute atomic E-state index is 0.0188. The van der Waals surface area contributed by atoms with E-state index in [1.54, 1.807) is 0 Å². The number of nitro benzene ring substituents is 1. The molecule has 0 saturated carbocycles. The van der Waals surface area contributed by atoms with Crippen molar-refractivity contribution in [1.29, 1.82) is 0 Å². The van der Waals surface area contributed by atoms with Gasteiger partial charge in [-0.25, -0.2) is 4.39 Å². The van der Waals surface area contributed by atoms with Crippen LogP contribution in [0.15, 0.2) is 12.1 Å². The normalized spacial score (nSPS) is 13.5. The lowest BCUT2D eigenvalue weighted by Gasteiger charge is -2.14. The van der Waals surface area contributed by atoms with Gasteiger partial charge >= 0.3 is 11.8 Å². The molecular formula is C9H6F3NO5. The molecule has 0 radical (unpaired) electrons. The van der Waals surface area contributed by atoms with Gasteiger partial charge in [-0.15, -0.1) is 0 Å². The highest BCUT2D eigenvalue weighted by atomic mass is 19.3. The first-order valence-corrected chi connectivity index (χ1v) is 4.64. The predicted octanol–water partition coefficient (Wildman–Crippen LogP) is 2.26. The van der Waals surface area contributed by atoms with Crippen LogP contribution in [0.2, 0.25) is 0 Å². The van der Waals surface area contributed by atoms with Crippen LogP contribution in [0.1, 0.15) is 0 Å². The molecule has 0 spiro atoms. The molecule has 0 N–H and O–H groups in total. The summed E-state index contributed by atoms with van der Waals surface area (Å²) in [6.07, 6.45) is -4.14. The third-order valence-electron chi connectivity index (χ3n) is 2.07. The van der Waals surface area contributed by atoms with E-state index in [9.17, 15) is 23.3 Å². The minimum Gasteiger partial charge on any atom is -0.453 e. The zero-order valence-electron chi connectivity index (χ0n) is 8.69. The second-order valence-electron chi connectivity index (χ2n) is 3.30. The zero-order chi connectivity index (χ0) is 13.3. The summed E-state index contributed by atoms with van der Waals surface area (Å²) >= 11 is 0. The molecule has 6 nitrogen and oxygen atoms in total. The number of hydrogen-bond donors (Lipinski definition) is 0. The number of ether oxygens (including phenoxy) is 3. The van der Waals surface area contributed by atoms with Crippen LogP contribution in [-0.2, 0) is 0 Å². The fraction of sp³-hybridized carbons (Fsp3) is 0.333. The average molecular weight is 265 g/mol. The molecule has 0 amide bonds. The van der Waals surface area contributed by atoms with Crippen LogP contribution in [0.3, 0.4) is 0 Å². The van der Waals surface area contributed by atoms with Gasteiger partial charge in [-0.2, -0.15) is 8.78 Å². The van der Waals surface area contributed by atoms with Crippen LogP contribution in [-0.4, -0.2) is 24.5 Å². The lowest BCUT2D eigenvalue weighted by Crippen LogP contribution is -2.27. The maximum Gasteiger partial charge on any atom is 0.427 e. The summed E-state index contributed by atoms with van der Waals surface area (Å²) in [5.74, 6) is -0.727. The molecule has 0 unspecified atom stereocenters. The first kappa shape index (κ1) is 12.3. The van der Waals surface area contributed by atoms with Gasteiger partial charge in [-0.1, -0.05) is 0 Å². The van der Waals surface area contributed by atoms with E-state index in [0.717, 1.165) is 12.1 Å². The Hall–Kier alpha value is -2.19. The molecular weight excluding hydrogens is 259 g/mol. The molecule has 0 bridgehead atoms. The smallest absolute Gasteiger partial charge is 0.427 e. The van der Waals surface area contributed by atoms with Gasteiger partial charge < -0.3 is 14.2 Å². The Morgan fingerprint density at radius 2 is 2.00 bits per heavy atom. The van der Waals surface area contributed by atoms with Crippen molar-refractivity contribution < 1.29 is 32.3 Å². The average Bonchev–Trinajstić information content (AvgIpc) is 2.74. The highest BCUT2D eigenvalue weighted by molar-refractivity contribution is 5.59. The number of rotatable bonds is 4. The molecule has 98 valence electrons. The van der Waals surface area contributed by atoms with Gasteiger partial charge in [-0.05, 0) is 0 Å². The predicted molar refractivity (Wildman–Crippen MR) is 50.8 cm³/mol. The lowest BCUT2D eigenvalue weighted by atomic mass is 10.2. The van der Waals surface area contributed by atoms with Crippen molar-refractivity contribution >= 4 is 5.69 Å². The zero-order valence-corrected chi connectivity index (χ0v) is 8.69. The number of halogens is 3. The molecule has 1 aliphatic heterocycles. The van der Waals surface area contributed by atoms with Crippen LogP contribution in [0.25, 0.3) is 0 Å². The standard InChI is InChI=1S/C9H6F3NO5/c10-3-9(11,12)18-6-2-8-7(16-4-17-8)1-5(6)13(14)15/h1-2H,3-4H2. The van der Waals surface area contributed by atoms with E-state index < -0.39 is 29.1 Å². The lowest BCUT2D eigenvalue weighted by molar-refractivity contribution is -0.387. The number of hydrogen-bond acceptors (Lipinski definition) is 5. The fourth-order valence-electron chi connectivity index (χ4n) is 1.33. The van der Waals surface area contributed by atoms with E-state index in [4.69, 9.17) is 9.47 Å². The molecule has 1 aromatic carbocycles. The van der Waals surface area contributed by atoms with Crippen LogP contribution >= 0.6 is 0 Å². The van der Waals surface area contributed by atoms with Gasteiger partial charge in [0.05, 0.1) is 11.0 Å². The summed E-state index contributed by atoms with van der Waals surface area (Å²) < 4.78 is 51.1. The van der Waals surface area contributed by atoms with Gasteiger partial charge in [0.15, 0.2) is 18.2 Å².